The van der Waals surface area contributed by atoms with Crippen molar-refractivity contribution in [1.82, 2.24) is 35.5 Å². The molecule has 5 aromatic rings. The van der Waals surface area contributed by atoms with Crippen LogP contribution in [0.25, 0.3) is 16.7 Å². The van der Waals surface area contributed by atoms with Crippen molar-refractivity contribution in [1.29, 1.82) is 0 Å². The smallest absolute Gasteiger partial charge is 0.371 e. The summed E-state index contributed by atoms with van der Waals surface area (Å²) in [6, 6.07) is 16.9. The highest BCUT2D eigenvalue weighted by Gasteiger charge is 2.26. The Morgan fingerprint density at radius 1 is 0.976 bits per heavy atom. The highest BCUT2D eigenvalue weighted by Crippen LogP contribution is 2.24. The molecule has 2 heterocycles. The van der Waals surface area contributed by atoms with Gasteiger partial charge in [-0.1, -0.05) is 41.9 Å². The summed E-state index contributed by atoms with van der Waals surface area (Å²) < 4.78 is 1.28. The first-order valence-corrected chi connectivity index (χ1v) is 12.4. The predicted octanol–water partition coefficient (Wildman–Crippen LogP) is 2.19. The highest BCUT2D eigenvalue weighted by molar-refractivity contribution is 6.40. The number of nitrogens with one attached hydrogen (secondary N) is 4. The summed E-state index contributed by atoms with van der Waals surface area (Å²) in [6.45, 7) is 0. The normalized spacial score (nSPS) is 11.5. The third kappa shape index (κ3) is 6.34. The Morgan fingerprint density at radius 3 is 2.51 bits per heavy atom. The van der Waals surface area contributed by atoms with Gasteiger partial charge in [0.15, 0.2) is 0 Å². The average molecular weight is 574 g/mol. The van der Waals surface area contributed by atoms with Crippen LogP contribution in [-0.2, 0) is 20.8 Å². The molecule has 0 aliphatic carbocycles. The number of carbonyl (C=O) groups excluding carboxylic acids is 3. The van der Waals surface area contributed by atoms with Crippen molar-refractivity contribution in [3.63, 3.8) is 0 Å². The second-order valence-electron chi connectivity index (χ2n) is 8.70. The molecule has 5 rings (SSSR count). The number of H-pyrrole nitrogens is 1. The summed E-state index contributed by atoms with van der Waals surface area (Å²) in [5.74, 6) is -4.20. The fraction of sp³-hybridized carbons (Fsp3) is 0.0769. The van der Waals surface area contributed by atoms with E-state index in [-0.39, 0.29) is 17.9 Å². The zero-order valence-electron chi connectivity index (χ0n) is 20.9. The number of amides is 3. The zero-order valence-corrected chi connectivity index (χ0v) is 21.7. The van der Waals surface area contributed by atoms with E-state index < -0.39 is 29.7 Å². The topological polar surface area (TPSA) is 197 Å². The number of aromatic carboxylic acids is 1. The number of tetrazole rings is 1. The third-order valence-corrected chi connectivity index (χ3v) is 6.10. The number of fused-ring (bicyclic) bond motifs is 1. The molecule has 1 unspecified atom stereocenters. The van der Waals surface area contributed by atoms with Gasteiger partial charge in [0.05, 0.1) is 22.4 Å². The van der Waals surface area contributed by atoms with Gasteiger partial charge in [-0.25, -0.2) is 9.78 Å². The van der Waals surface area contributed by atoms with Crippen molar-refractivity contribution in [2.45, 2.75) is 12.5 Å². The van der Waals surface area contributed by atoms with Crippen molar-refractivity contribution in [3.8, 4) is 5.69 Å². The van der Waals surface area contributed by atoms with E-state index in [0.29, 0.717) is 27.4 Å². The minimum atomic E-state index is -1.22. The molecule has 0 aliphatic heterocycles. The summed E-state index contributed by atoms with van der Waals surface area (Å²) in [6.07, 6.45) is 1.38. The largest absolute Gasteiger partial charge is 0.475 e. The number of aromatic amines is 1. The number of carboxylic acids is 1. The summed E-state index contributed by atoms with van der Waals surface area (Å²) in [7, 11) is 0. The minimum Gasteiger partial charge on any atom is -0.475 e. The number of carboxylic acid groups (broad SMARTS) is 1. The van der Waals surface area contributed by atoms with Crippen LogP contribution in [0.2, 0.25) is 5.02 Å². The third-order valence-electron chi connectivity index (χ3n) is 5.87. The highest BCUT2D eigenvalue weighted by atomic mass is 35.5. The molecule has 15 heteroatoms. The Hall–Kier alpha value is -5.63. The van der Waals surface area contributed by atoms with Gasteiger partial charge in [0.25, 0.3) is 0 Å². The Morgan fingerprint density at radius 2 is 1.78 bits per heavy atom. The van der Waals surface area contributed by atoms with E-state index in [0.717, 1.165) is 5.56 Å². The van der Waals surface area contributed by atoms with E-state index in [2.05, 4.69) is 41.4 Å². The van der Waals surface area contributed by atoms with Crippen LogP contribution in [0.4, 0.5) is 11.4 Å². The van der Waals surface area contributed by atoms with E-state index in [4.69, 9.17) is 16.7 Å². The fourth-order valence-electron chi connectivity index (χ4n) is 3.96. The monoisotopic (exact) mass is 573 g/mol. The Bertz CT molecular complexity index is 1760. The molecule has 0 radical (unpaired) electrons. The zero-order chi connectivity index (χ0) is 28.9. The van der Waals surface area contributed by atoms with Gasteiger partial charge in [0.2, 0.25) is 11.7 Å². The lowest BCUT2D eigenvalue weighted by molar-refractivity contribution is -0.137. The van der Waals surface area contributed by atoms with Gasteiger partial charge in [0.1, 0.15) is 12.4 Å². The molecule has 0 fully saturated rings. The lowest BCUT2D eigenvalue weighted by Gasteiger charge is -2.19. The number of carbonyl (C=O) groups is 4. The molecule has 0 saturated heterocycles. The van der Waals surface area contributed by atoms with Crippen LogP contribution >= 0.6 is 11.6 Å². The van der Waals surface area contributed by atoms with E-state index in [1.165, 1.54) is 23.1 Å². The van der Waals surface area contributed by atoms with Crippen LogP contribution in [0, 0.1) is 0 Å². The van der Waals surface area contributed by atoms with Gasteiger partial charge in [-0.3, -0.25) is 14.4 Å². The number of aromatic nitrogens is 6. The average Bonchev–Trinajstić information content (AvgIpc) is 3.64. The van der Waals surface area contributed by atoms with Crippen LogP contribution in [-0.4, -0.2) is 65.0 Å². The van der Waals surface area contributed by atoms with Crippen LogP contribution in [0.1, 0.15) is 16.2 Å². The quantitative estimate of drug-likeness (QED) is 0.173. The van der Waals surface area contributed by atoms with E-state index in [9.17, 15) is 19.2 Å². The minimum absolute atomic E-state index is 0.0759. The number of benzene rings is 3. The van der Waals surface area contributed by atoms with Gasteiger partial charge >= 0.3 is 17.8 Å². The molecule has 0 bridgehead atoms. The van der Waals surface area contributed by atoms with Gasteiger partial charge in [0, 0.05) is 17.1 Å². The maximum Gasteiger partial charge on any atom is 0.371 e. The molecule has 5 N–H and O–H groups in total. The maximum absolute atomic E-state index is 13.3. The van der Waals surface area contributed by atoms with Crippen LogP contribution in [0.5, 0.6) is 0 Å². The summed E-state index contributed by atoms with van der Waals surface area (Å²) >= 11 is 6.09. The van der Waals surface area contributed by atoms with Gasteiger partial charge in [-0.15, -0.1) is 5.10 Å². The molecular weight excluding hydrogens is 554 g/mol. The lowest BCUT2D eigenvalue weighted by atomic mass is 10.0. The SMILES string of the molecule is O=C(Nc1cc(Cl)ccc1-n1cnnn1)C(=O)NC(Cc1ccccc1)C(=O)Nc1ccc2[nH]c(C(=O)O)nc2c1. The van der Waals surface area contributed by atoms with Gasteiger partial charge < -0.3 is 26.0 Å². The fourth-order valence-corrected chi connectivity index (χ4v) is 4.13. The summed E-state index contributed by atoms with van der Waals surface area (Å²) in [5.41, 5.74) is 2.36. The molecule has 41 heavy (non-hydrogen) atoms. The number of rotatable bonds is 8. The second kappa shape index (κ2) is 11.6. The van der Waals surface area contributed by atoms with Gasteiger partial charge in [-0.05, 0) is 52.4 Å². The van der Waals surface area contributed by atoms with Crippen molar-refractivity contribution in [2.24, 2.45) is 0 Å². The first kappa shape index (κ1) is 27.0. The Labute approximate surface area is 235 Å². The van der Waals surface area contributed by atoms with Crippen molar-refractivity contribution < 1.29 is 24.3 Å². The van der Waals surface area contributed by atoms with Crippen LogP contribution < -0.4 is 16.0 Å². The van der Waals surface area contributed by atoms with Crippen molar-refractivity contribution in [3.05, 3.63) is 89.5 Å². The first-order valence-electron chi connectivity index (χ1n) is 12.0. The van der Waals surface area contributed by atoms with Crippen LogP contribution in [0.3, 0.4) is 0 Å². The number of anilines is 2. The number of nitrogens with zero attached hydrogens (tertiary/aromatic N) is 5. The maximum atomic E-state index is 13.3. The number of halogens is 1. The van der Waals surface area contributed by atoms with E-state index >= 15 is 0 Å². The molecule has 0 saturated carbocycles. The molecule has 1 atom stereocenters. The van der Waals surface area contributed by atoms with Crippen molar-refractivity contribution >= 4 is 57.7 Å². The Balaban J connectivity index is 1.34. The number of imidazole rings is 1. The molecule has 14 nitrogen and oxygen atoms in total. The Kier molecular flexibility index (Phi) is 7.65. The molecule has 2 aromatic heterocycles. The lowest BCUT2D eigenvalue weighted by Crippen LogP contribution is -2.49. The molecule has 0 spiro atoms. The molecule has 3 aromatic carbocycles. The molecule has 3 amide bonds. The van der Waals surface area contributed by atoms with Crippen molar-refractivity contribution in [2.75, 3.05) is 10.6 Å². The van der Waals surface area contributed by atoms with E-state index in [1.54, 1.807) is 48.5 Å². The molecule has 0 aliphatic rings. The van der Waals surface area contributed by atoms with Gasteiger partial charge in [-0.2, -0.15) is 4.68 Å². The number of hydrogen-bond acceptors (Lipinski definition) is 8. The molecule has 206 valence electrons. The first-order chi connectivity index (χ1) is 19.8. The number of hydrogen-bond donors (Lipinski definition) is 5. The summed E-state index contributed by atoms with van der Waals surface area (Å²) in [5, 5.41) is 28.0. The molecular formula is C26H20ClN9O5. The van der Waals surface area contributed by atoms with E-state index in [1.807, 2.05) is 6.07 Å². The summed E-state index contributed by atoms with van der Waals surface area (Å²) in [4.78, 5) is 57.0. The predicted molar refractivity (Wildman–Crippen MR) is 147 cm³/mol. The second-order valence-corrected chi connectivity index (χ2v) is 9.13. The van der Waals surface area contributed by atoms with Crippen LogP contribution in [0.15, 0.2) is 73.1 Å². The standard InChI is InChI=1S/C26H20ClN9O5/c27-15-6-9-21(36-13-28-34-35-36)19(11-15)32-24(38)25(39)33-20(10-14-4-2-1-3-5-14)23(37)29-16-7-8-17-18(12-16)31-22(30-17)26(40)41/h1-9,11-13,20H,10H2,(H,29,37)(H,30,31)(H,32,38)(H,33,39)(H,40,41).